The predicted molar refractivity (Wildman–Crippen MR) is 75.0 cm³/mol. The normalized spacial score (nSPS) is 16.4. The summed E-state index contributed by atoms with van der Waals surface area (Å²) in [5.74, 6) is -0.0608. The van der Waals surface area contributed by atoms with Crippen LogP contribution in [-0.2, 0) is 14.4 Å². The minimum Gasteiger partial charge on any atom is -0.355 e. The number of hydrogen-bond acceptors (Lipinski definition) is 4. The zero-order chi connectivity index (χ0) is 15.0. The van der Waals surface area contributed by atoms with Crippen molar-refractivity contribution in [1.82, 2.24) is 20.4 Å². The molecule has 0 unspecified atom stereocenters. The summed E-state index contributed by atoms with van der Waals surface area (Å²) in [4.78, 5) is 37.6. The van der Waals surface area contributed by atoms with E-state index >= 15 is 0 Å². The van der Waals surface area contributed by atoms with Gasteiger partial charge in [-0.05, 0) is 6.42 Å². The summed E-state index contributed by atoms with van der Waals surface area (Å²) in [6.45, 7) is 7.22. The highest BCUT2D eigenvalue weighted by atomic mass is 16.2. The predicted octanol–water partition coefficient (Wildman–Crippen LogP) is -1.21. The van der Waals surface area contributed by atoms with Gasteiger partial charge in [0, 0.05) is 53.1 Å². The Morgan fingerprint density at radius 1 is 0.950 bits per heavy atom. The van der Waals surface area contributed by atoms with Crippen LogP contribution in [0.1, 0.15) is 20.3 Å². The lowest BCUT2D eigenvalue weighted by atomic mass is 10.3. The maximum absolute atomic E-state index is 11.7. The van der Waals surface area contributed by atoms with Crippen LogP contribution in [0, 0.1) is 0 Å². The fourth-order valence-electron chi connectivity index (χ4n) is 2.14. The van der Waals surface area contributed by atoms with E-state index < -0.39 is 0 Å². The molecule has 0 bridgehead atoms. The Balaban J connectivity index is 2.21. The Labute approximate surface area is 119 Å². The first-order valence-electron chi connectivity index (χ1n) is 6.98. The third-order valence-corrected chi connectivity index (χ3v) is 3.22. The fraction of sp³-hybridized carbons (Fsp3) is 0.769. The van der Waals surface area contributed by atoms with Crippen molar-refractivity contribution in [3.8, 4) is 0 Å². The molecule has 0 aromatic heterocycles. The summed E-state index contributed by atoms with van der Waals surface area (Å²) >= 11 is 0. The van der Waals surface area contributed by atoms with Crippen LogP contribution >= 0.6 is 0 Å². The molecule has 0 aromatic rings. The summed E-state index contributed by atoms with van der Waals surface area (Å²) in [5.41, 5.74) is 0. The molecule has 0 spiro atoms. The third kappa shape index (κ3) is 6.51. The average Bonchev–Trinajstić information content (AvgIpc) is 2.60. The number of rotatable bonds is 5. The molecule has 7 nitrogen and oxygen atoms in total. The lowest BCUT2D eigenvalue weighted by Gasteiger charge is -2.20. The minimum absolute atomic E-state index is 0.0494. The van der Waals surface area contributed by atoms with Gasteiger partial charge in [-0.1, -0.05) is 0 Å². The zero-order valence-electron chi connectivity index (χ0n) is 12.3. The lowest BCUT2D eigenvalue weighted by molar-refractivity contribution is -0.128. The Morgan fingerprint density at radius 2 is 1.65 bits per heavy atom. The molecule has 3 amide bonds. The number of carbonyl (C=O) groups is 3. The molecule has 114 valence electrons. The maximum Gasteiger partial charge on any atom is 0.234 e. The van der Waals surface area contributed by atoms with Crippen LogP contribution in [0.15, 0.2) is 0 Å². The number of amides is 3. The molecule has 1 saturated heterocycles. The fourth-order valence-corrected chi connectivity index (χ4v) is 2.14. The topological polar surface area (TPSA) is 81.8 Å². The van der Waals surface area contributed by atoms with Crippen LogP contribution in [-0.4, -0.2) is 73.3 Å². The van der Waals surface area contributed by atoms with Gasteiger partial charge < -0.3 is 15.5 Å². The van der Waals surface area contributed by atoms with E-state index in [9.17, 15) is 14.4 Å². The van der Waals surface area contributed by atoms with Gasteiger partial charge in [0.15, 0.2) is 0 Å². The number of hydrogen-bond donors (Lipinski definition) is 2. The monoisotopic (exact) mass is 284 g/mol. The van der Waals surface area contributed by atoms with E-state index in [0.29, 0.717) is 26.2 Å². The molecule has 1 rings (SSSR count). The SMILES string of the molecule is CC(=O)NCCNC(=O)CN1CCCN(C(C)=O)CC1. The maximum atomic E-state index is 11.7. The van der Waals surface area contributed by atoms with Crippen molar-refractivity contribution in [3.05, 3.63) is 0 Å². The zero-order valence-corrected chi connectivity index (χ0v) is 12.3. The Bertz CT molecular complexity index is 360. The van der Waals surface area contributed by atoms with Gasteiger partial charge in [-0.2, -0.15) is 0 Å². The van der Waals surface area contributed by atoms with E-state index in [0.717, 1.165) is 26.1 Å². The molecule has 7 heteroatoms. The molecular formula is C13H24N4O3. The van der Waals surface area contributed by atoms with Crippen molar-refractivity contribution in [3.63, 3.8) is 0 Å². The molecule has 0 saturated carbocycles. The van der Waals surface area contributed by atoms with E-state index in [1.807, 2.05) is 4.90 Å². The second-order valence-corrected chi connectivity index (χ2v) is 4.97. The Morgan fingerprint density at radius 3 is 2.30 bits per heavy atom. The van der Waals surface area contributed by atoms with Crippen molar-refractivity contribution in [1.29, 1.82) is 0 Å². The van der Waals surface area contributed by atoms with Crippen molar-refractivity contribution in [2.75, 3.05) is 45.8 Å². The Hall–Kier alpha value is -1.63. The first-order valence-corrected chi connectivity index (χ1v) is 6.98. The largest absolute Gasteiger partial charge is 0.355 e. The van der Waals surface area contributed by atoms with Gasteiger partial charge in [0.25, 0.3) is 0 Å². The van der Waals surface area contributed by atoms with E-state index in [-0.39, 0.29) is 17.7 Å². The molecule has 0 radical (unpaired) electrons. The first kappa shape index (κ1) is 16.4. The van der Waals surface area contributed by atoms with Crippen LogP contribution in [0.25, 0.3) is 0 Å². The summed E-state index contributed by atoms with van der Waals surface area (Å²) in [6, 6.07) is 0. The standard InChI is InChI=1S/C13H24N4O3/c1-11(18)14-4-5-15-13(20)10-16-6-3-7-17(9-8-16)12(2)19/h3-10H2,1-2H3,(H,14,18)(H,15,20). The van der Waals surface area contributed by atoms with Gasteiger partial charge in [-0.3, -0.25) is 19.3 Å². The van der Waals surface area contributed by atoms with E-state index in [2.05, 4.69) is 15.5 Å². The van der Waals surface area contributed by atoms with E-state index in [4.69, 9.17) is 0 Å². The number of nitrogens with one attached hydrogen (secondary N) is 2. The summed E-state index contributed by atoms with van der Waals surface area (Å²) in [6.07, 6.45) is 0.888. The quantitative estimate of drug-likeness (QED) is 0.621. The molecule has 20 heavy (non-hydrogen) atoms. The smallest absolute Gasteiger partial charge is 0.234 e. The third-order valence-electron chi connectivity index (χ3n) is 3.22. The van der Waals surface area contributed by atoms with Gasteiger partial charge in [-0.15, -0.1) is 0 Å². The van der Waals surface area contributed by atoms with Gasteiger partial charge in [0.1, 0.15) is 0 Å². The molecular weight excluding hydrogens is 260 g/mol. The van der Waals surface area contributed by atoms with Crippen LogP contribution in [0.5, 0.6) is 0 Å². The second kappa shape index (κ2) is 8.52. The molecule has 2 N–H and O–H groups in total. The second-order valence-electron chi connectivity index (χ2n) is 4.97. The van der Waals surface area contributed by atoms with Gasteiger partial charge in [0.2, 0.25) is 17.7 Å². The highest BCUT2D eigenvalue weighted by Gasteiger charge is 2.17. The molecule has 0 atom stereocenters. The van der Waals surface area contributed by atoms with E-state index in [1.54, 1.807) is 6.92 Å². The van der Waals surface area contributed by atoms with Crippen LogP contribution in [0.2, 0.25) is 0 Å². The lowest BCUT2D eigenvalue weighted by Crippen LogP contribution is -2.41. The molecule has 1 aliphatic heterocycles. The molecule has 1 aliphatic rings. The van der Waals surface area contributed by atoms with Crippen molar-refractivity contribution in [2.45, 2.75) is 20.3 Å². The van der Waals surface area contributed by atoms with Crippen LogP contribution < -0.4 is 10.6 Å². The van der Waals surface area contributed by atoms with Crippen LogP contribution in [0.3, 0.4) is 0 Å². The van der Waals surface area contributed by atoms with Crippen molar-refractivity contribution >= 4 is 17.7 Å². The van der Waals surface area contributed by atoms with Crippen molar-refractivity contribution in [2.24, 2.45) is 0 Å². The number of carbonyl (C=O) groups excluding carboxylic acids is 3. The average molecular weight is 284 g/mol. The Kier molecular flexibility index (Phi) is 7.00. The molecule has 1 heterocycles. The molecule has 0 aliphatic carbocycles. The van der Waals surface area contributed by atoms with E-state index in [1.165, 1.54) is 6.92 Å². The van der Waals surface area contributed by atoms with Crippen LogP contribution in [0.4, 0.5) is 0 Å². The van der Waals surface area contributed by atoms with Gasteiger partial charge >= 0.3 is 0 Å². The van der Waals surface area contributed by atoms with Crippen molar-refractivity contribution < 1.29 is 14.4 Å². The van der Waals surface area contributed by atoms with Gasteiger partial charge in [0.05, 0.1) is 6.54 Å². The number of nitrogens with zero attached hydrogens (tertiary/aromatic N) is 2. The first-order chi connectivity index (χ1) is 9.49. The minimum atomic E-state index is -0.101. The summed E-state index contributed by atoms with van der Waals surface area (Å²) in [7, 11) is 0. The molecule has 1 fully saturated rings. The van der Waals surface area contributed by atoms with Gasteiger partial charge in [-0.25, -0.2) is 0 Å². The molecule has 0 aromatic carbocycles. The highest BCUT2D eigenvalue weighted by molar-refractivity contribution is 5.78. The summed E-state index contributed by atoms with van der Waals surface area (Å²) < 4.78 is 0. The summed E-state index contributed by atoms with van der Waals surface area (Å²) in [5, 5.41) is 5.39. The highest BCUT2D eigenvalue weighted by Crippen LogP contribution is 2.02.